The number of carbonyl (C=O) groups excluding carboxylic acids is 1. The van der Waals surface area contributed by atoms with Crippen molar-refractivity contribution < 1.29 is 14.7 Å². The molecule has 0 bridgehead atoms. The first-order valence-corrected chi connectivity index (χ1v) is 7.49. The van der Waals surface area contributed by atoms with Crippen LogP contribution in [0.2, 0.25) is 0 Å². The summed E-state index contributed by atoms with van der Waals surface area (Å²) in [6.07, 6.45) is 4.30. The van der Waals surface area contributed by atoms with Gasteiger partial charge in [-0.3, -0.25) is 9.59 Å². The van der Waals surface area contributed by atoms with Crippen molar-refractivity contribution in [2.75, 3.05) is 13.1 Å². The van der Waals surface area contributed by atoms with Crippen molar-refractivity contribution in [1.29, 1.82) is 0 Å². The van der Waals surface area contributed by atoms with Gasteiger partial charge in [-0.15, -0.1) is 0 Å². The third-order valence-corrected chi connectivity index (χ3v) is 4.29. The smallest absolute Gasteiger partial charge is 0.303 e. The molecule has 20 heavy (non-hydrogen) atoms. The molecule has 1 aromatic rings. The second-order valence-electron chi connectivity index (χ2n) is 5.01. The summed E-state index contributed by atoms with van der Waals surface area (Å²) in [5.74, 6) is -0.350. The number of aliphatic carboxylic acids is 1. The van der Waals surface area contributed by atoms with Crippen LogP contribution in [0.15, 0.2) is 22.9 Å². The van der Waals surface area contributed by atoms with Crippen molar-refractivity contribution in [1.82, 2.24) is 9.88 Å². The monoisotopic (exact) mass is 340 g/mol. The zero-order valence-electron chi connectivity index (χ0n) is 11.1. The maximum absolute atomic E-state index is 12.4. The second-order valence-corrected chi connectivity index (χ2v) is 5.76. The standard InChI is InChI=1S/C14H17BrN2O3/c15-13-11(2-1-7-16-13)14(20)17-8-5-10(6-9-17)3-4-12(18)19/h1-2,7,10H,3-6,8-9H2,(H,18,19). The highest BCUT2D eigenvalue weighted by molar-refractivity contribution is 9.10. The normalized spacial score (nSPS) is 16.1. The lowest BCUT2D eigenvalue weighted by Crippen LogP contribution is -2.38. The van der Waals surface area contributed by atoms with E-state index in [1.54, 1.807) is 18.3 Å². The summed E-state index contributed by atoms with van der Waals surface area (Å²) in [6, 6.07) is 3.51. The number of piperidine rings is 1. The van der Waals surface area contributed by atoms with Crippen LogP contribution in [0, 0.1) is 5.92 Å². The molecule has 0 aliphatic carbocycles. The van der Waals surface area contributed by atoms with Crippen molar-refractivity contribution >= 4 is 27.8 Å². The minimum atomic E-state index is -0.747. The number of carbonyl (C=O) groups is 2. The molecule has 1 aromatic heterocycles. The van der Waals surface area contributed by atoms with Gasteiger partial charge in [0.2, 0.25) is 0 Å². The highest BCUT2D eigenvalue weighted by atomic mass is 79.9. The number of nitrogens with zero attached hydrogens (tertiary/aromatic N) is 2. The number of carboxylic acid groups (broad SMARTS) is 1. The summed E-state index contributed by atoms with van der Waals surface area (Å²) in [7, 11) is 0. The molecular formula is C14H17BrN2O3. The first-order valence-electron chi connectivity index (χ1n) is 6.69. The van der Waals surface area contributed by atoms with Gasteiger partial charge in [-0.25, -0.2) is 4.98 Å². The van der Waals surface area contributed by atoms with Crippen molar-refractivity contribution in [3.63, 3.8) is 0 Å². The molecule has 1 aliphatic heterocycles. The zero-order chi connectivity index (χ0) is 14.5. The Labute approximate surface area is 126 Å². The van der Waals surface area contributed by atoms with Crippen LogP contribution < -0.4 is 0 Å². The van der Waals surface area contributed by atoms with Crippen LogP contribution in [0.1, 0.15) is 36.0 Å². The highest BCUT2D eigenvalue weighted by Crippen LogP contribution is 2.24. The fraction of sp³-hybridized carbons (Fsp3) is 0.500. The number of likely N-dealkylation sites (tertiary alicyclic amines) is 1. The van der Waals surface area contributed by atoms with Crippen molar-refractivity contribution in [2.45, 2.75) is 25.7 Å². The fourth-order valence-corrected chi connectivity index (χ4v) is 2.89. The molecule has 0 spiro atoms. The number of pyridine rings is 1. The third-order valence-electron chi connectivity index (χ3n) is 3.66. The van der Waals surface area contributed by atoms with Gasteiger partial charge in [-0.2, -0.15) is 0 Å². The molecule has 108 valence electrons. The molecule has 5 nitrogen and oxygen atoms in total. The van der Waals surface area contributed by atoms with E-state index in [9.17, 15) is 9.59 Å². The van der Waals surface area contributed by atoms with Crippen LogP contribution in [-0.2, 0) is 4.79 Å². The third kappa shape index (κ3) is 3.79. The van der Waals surface area contributed by atoms with Gasteiger partial charge in [0.1, 0.15) is 4.60 Å². The topological polar surface area (TPSA) is 70.5 Å². The summed E-state index contributed by atoms with van der Waals surface area (Å²) in [5, 5.41) is 8.69. The summed E-state index contributed by atoms with van der Waals surface area (Å²) in [6.45, 7) is 1.37. The predicted molar refractivity (Wildman–Crippen MR) is 77.4 cm³/mol. The van der Waals surface area contributed by atoms with Gasteiger partial charge in [0.25, 0.3) is 5.91 Å². The molecule has 1 saturated heterocycles. The van der Waals surface area contributed by atoms with Crippen LogP contribution >= 0.6 is 15.9 Å². The molecule has 1 amide bonds. The second kappa shape index (κ2) is 6.83. The molecule has 6 heteroatoms. The molecule has 0 radical (unpaired) electrons. The van der Waals surface area contributed by atoms with Gasteiger partial charge in [0.05, 0.1) is 5.56 Å². The van der Waals surface area contributed by atoms with Gasteiger partial charge in [-0.05, 0) is 53.2 Å². The molecule has 1 fully saturated rings. The molecule has 0 saturated carbocycles. The van der Waals surface area contributed by atoms with Crippen molar-refractivity contribution in [3.05, 3.63) is 28.5 Å². The SMILES string of the molecule is O=C(O)CCC1CCN(C(=O)c2cccnc2Br)CC1. The van der Waals surface area contributed by atoms with Gasteiger partial charge < -0.3 is 10.0 Å². The maximum atomic E-state index is 12.4. The number of halogens is 1. The van der Waals surface area contributed by atoms with E-state index < -0.39 is 5.97 Å². The number of carboxylic acids is 1. The minimum Gasteiger partial charge on any atom is -0.481 e. The Morgan fingerprint density at radius 3 is 2.70 bits per heavy atom. The number of hydrogen-bond donors (Lipinski definition) is 1. The van der Waals surface area contributed by atoms with E-state index in [0.717, 1.165) is 12.8 Å². The Kier molecular flexibility index (Phi) is 5.11. The quantitative estimate of drug-likeness (QED) is 0.855. The Morgan fingerprint density at radius 2 is 2.10 bits per heavy atom. The average molecular weight is 341 g/mol. The molecule has 1 aliphatic rings. The van der Waals surface area contributed by atoms with Gasteiger partial charge >= 0.3 is 5.97 Å². The summed E-state index contributed by atoms with van der Waals surface area (Å²) in [5.41, 5.74) is 0.580. The van der Waals surface area contributed by atoms with Crippen molar-refractivity contribution in [2.24, 2.45) is 5.92 Å². The van der Waals surface area contributed by atoms with Crippen LogP contribution in [0.4, 0.5) is 0 Å². The molecule has 1 N–H and O–H groups in total. The summed E-state index contributed by atoms with van der Waals surface area (Å²) in [4.78, 5) is 28.8. The number of hydrogen-bond acceptors (Lipinski definition) is 3. The summed E-state index contributed by atoms with van der Waals surface area (Å²) >= 11 is 3.29. The highest BCUT2D eigenvalue weighted by Gasteiger charge is 2.25. The van der Waals surface area contributed by atoms with E-state index in [0.29, 0.717) is 35.6 Å². The van der Waals surface area contributed by atoms with Gasteiger partial charge in [0.15, 0.2) is 0 Å². The number of amides is 1. The Bertz CT molecular complexity index is 499. The van der Waals surface area contributed by atoms with Crippen LogP contribution in [-0.4, -0.2) is 40.0 Å². The van der Waals surface area contributed by atoms with Crippen LogP contribution in [0.25, 0.3) is 0 Å². The van der Waals surface area contributed by atoms with Crippen molar-refractivity contribution in [3.8, 4) is 0 Å². The van der Waals surface area contributed by atoms with E-state index >= 15 is 0 Å². The molecule has 0 unspecified atom stereocenters. The Hall–Kier alpha value is -1.43. The van der Waals surface area contributed by atoms with Crippen LogP contribution in [0.3, 0.4) is 0 Å². The lowest BCUT2D eigenvalue weighted by Gasteiger charge is -2.32. The van der Waals surface area contributed by atoms with E-state index in [-0.39, 0.29) is 12.3 Å². The minimum absolute atomic E-state index is 0.0124. The first kappa shape index (κ1) is 15.0. The van der Waals surface area contributed by atoms with Gasteiger partial charge in [0, 0.05) is 25.7 Å². The van der Waals surface area contributed by atoms with E-state index in [1.807, 2.05) is 4.90 Å². The molecular weight excluding hydrogens is 324 g/mol. The van der Waals surface area contributed by atoms with E-state index in [4.69, 9.17) is 5.11 Å². The first-order chi connectivity index (χ1) is 9.58. The average Bonchev–Trinajstić information content (AvgIpc) is 2.45. The molecule has 0 aromatic carbocycles. The summed E-state index contributed by atoms with van der Waals surface area (Å²) < 4.78 is 0.568. The lowest BCUT2D eigenvalue weighted by atomic mass is 9.92. The van der Waals surface area contributed by atoms with E-state index in [1.165, 1.54) is 0 Å². The predicted octanol–water partition coefficient (Wildman–Crippen LogP) is 2.56. The molecule has 0 atom stereocenters. The Morgan fingerprint density at radius 1 is 1.40 bits per heavy atom. The number of rotatable bonds is 4. The van der Waals surface area contributed by atoms with Crippen LogP contribution in [0.5, 0.6) is 0 Å². The molecule has 2 heterocycles. The van der Waals surface area contributed by atoms with E-state index in [2.05, 4.69) is 20.9 Å². The van der Waals surface area contributed by atoms with Gasteiger partial charge in [-0.1, -0.05) is 0 Å². The zero-order valence-corrected chi connectivity index (χ0v) is 12.7. The lowest BCUT2D eigenvalue weighted by molar-refractivity contribution is -0.137. The fourth-order valence-electron chi connectivity index (χ4n) is 2.47. The maximum Gasteiger partial charge on any atom is 0.303 e. The number of aromatic nitrogens is 1. The molecule has 2 rings (SSSR count). The Balaban J connectivity index is 1.89. The largest absolute Gasteiger partial charge is 0.481 e.